The van der Waals surface area contributed by atoms with Crippen LogP contribution in [0.1, 0.15) is 36.7 Å². The first-order chi connectivity index (χ1) is 11.3. The number of piperidine rings is 1. The van der Waals surface area contributed by atoms with Crippen LogP contribution in [0, 0.1) is 6.92 Å². The van der Waals surface area contributed by atoms with E-state index in [9.17, 15) is 0 Å². The topological polar surface area (TPSA) is 59.1 Å². The summed E-state index contributed by atoms with van der Waals surface area (Å²) in [6.07, 6.45) is 9.32. The molecule has 0 spiro atoms. The van der Waals surface area contributed by atoms with Crippen LogP contribution in [0.4, 0.5) is 0 Å². The average Bonchev–Trinajstić information content (AvgIpc) is 3.18. The summed E-state index contributed by atoms with van der Waals surface area (Å²) in [6.45, 7) is 7.32. The molecule has 3 heterocycles. The van der Waals surface area contributed by atoms with E-state index in [2.05, 4.69) is 38.7 Å². The van der Waals surface area contributed by atoms with Gasteiger partial charge in [-0.05, 0) is 51.9 Å². The van der Waals surface area contributed by atoms with Gasteiger partial charge in [-0.25, -0.2) is 4.98 Å². The van der Waals surface area contributed by atoms with Crippen molar-refractivity contribution in [2.75, 3.05) is 26.2 Å². The van der Waals surface area contributed by atoms with Crippen molar-refractivity contribution in [2.24, 2.45) is 0 Å². The maximum Gasteiger partial charge on any atom is 0.105 e. The molecule has 2 aromatic heterocycles. The highest BCUT2D eigenvalue weighted by Gasteiger charge is 2.22. The Hall–Kier alpha value is -1.66. The van der Waals surface area contributed by atoms with Crippen molar-refractivity contribution in [3.05, 3.63) is 36.2 Å². The predicted molar refractivity (Wildman–Crippen MR) is 89.3 cm³/mol. The van der Waals surface area contributed by atoms with E-state index in [1.807, 2.05) is 17.1 Å². The summed E-state index contributed by atoms with van der Waals surface area (Å²) < 4.78 is 4.18. The quantitative estimate of drug-likeness (QED) is 0.843. The molecule has 1 aliphatic rings. The second-order valence-electron chi connectivity index (χ2n) is 6.34. The summed E-state index contributed by atoms with van der Waals surface area (Å²) >= 11 is 0. The summed E-state index contributed by atoms with van der Waals surface area (Å²) in [5.41, 5.74) is 1.28. The first-order valence-electron chi connectivity index (χ1n) is 8.60. The number of aliphatic hydroxyl groups excluding tert-OH is 1. The van der Waals surface area contributed by atoms with Crippen LogP contribution in [0.25, 0.3) is 0 Å². The molecule has 0 atom stereocenters. The van der Waals surface area contributed by atoms with Crippen LogP contribution in [0.3, 0.4) is 0 Å². The third-order valence-electron chi connectivity index (χ3n) is 4.86. The van der Waals surface area contributed by atoms with Crippen LogP contribution in [-0.4, -0.2) is 55.6 Å². The minimum Gasteiger partial charge on any atom is -0.394 e. The van der Waals surface area contributed by atoms with E-state index in [0.29, 0.717) is 12.5 Å². The van der Waals surface area contributed by atoms with Crippen LogP contribution in [0.5, 0.6) is 0 Å². The van der Waals surface area contributed by atoms with E-state index in [1.165, 1.54) is 25.0 Å². The van der Waals surface area contributed by atoms with Crippen LogP contribution >= 0.6 is 0 Å². The lowest BCUT2D eigenvalue weighted by atomic mass is 9.93. The van der Waals surface area contributed by atoms with E-state index < -0.39 is 0 Å². The molecule has 0 saturated carbocycles. The molecule has 2 aromatic rings. The van der Waals surface area contributed by atoms with Crippen molar-refractivity contribution in [2.45, 2.75) is 45.2 Å². The maximum absolute atomic E-state index is 9.12. The number of aliphatic hydroxyl groups is 1. The molecule has 1 aliphatic heterocycles. The fourth-order valence-corrected chi connectivity index (χ4v) is 3.53. The van der Waals surface area contributed by atoms with Gasteiger partial charge in [-0.1, -0.05) is 0 Å². The molecule has 0 aliphatic carbocycles. The van der Waals surface area contributed by atoms with E-state index in [0.717, 1.165) is 32.0 Å². The van der Waals surface area contributed by atoms with Gasteiger partial charge >= 0.3 is 0 Å². The van der Waals surface area contributed by atoms with Gasteiger partial charge < -0.3 is 14.6 Å². The molecule has 0 aromatic carbocycles. The summed E-state index contributed by atoms with van der Waals surface area (Å²) in [5, 5.41) is 13.4. The smallest absolute Gasteiger partial charge is 0.105 e. The Morgan fingerprint density at radius 2 is 2.00 bits per heavy atom. The fraction of sp³-hybridized carbons (Fsp3) is 0.647. The van der Waals surface area contributed by atoms with Crippen molar-refractivity contribution in [1.29, 1.82) is 0 Å². The van der Waals surface area contributed by atoms with E-state index >= 15 is 0 Å². The lowest BCUT2D eigenvalue weighted by Crippen LogP contribution is -2.34. The molecule has 6 heteroatoms. The minimum absolute atomic E-state index is 0.154. The Morgan fingerprint density at radius 3 is 2.70 bits per heavy atom. The number of likely N-dealkylation sites (tertiary alicyclic amines) is 1. The normalized spacial score (nSPS) is 17.0. The number of imidazole rings is 1. The molecule has 3 rings (SSSR count). The van der Waals surface area contributed by atoms with Gasteiger partial charge in [-0.3, -0.25) is 4.68 Å². The second kappa shape index (κ2) is 7.75. The third kappa shape index (κ3) is 4.00. The zero-order valence-electron chi connectivity index (χ0n) is 13.9. The first kappa shape index (κ1) is 16.2. The SMILES string of the molecule is Cc1nccn1CCCN1CCC(c2ccnn2CCO)CC1. The number of nitrogens with zero attached hydrogens (tertiary/aromatic N) is 5. The molecule has 6 nitrogen and oxygen atoms in total. The van der Waals surface area contributed by atoms with E-state index in [-0.39, 0.29) is 6.61 Å². The lowest BCUT2D eigenvalue weighted by Gasteiger charge is -2.32. The van der Waals surface area contributed by atoms with Crippen molar-refractivity contribution < 1.29 is 5.11 Å². The molecule has 126 valence electrons. The van der Waals surface area contributed by atoms with Crippen molar-refractivity contribution >= 4 is 0 Å². The van der Waals surface area contributed by atoms with E-state index in [4.69, 9.17) is 5.11 Å². The van der Waals surface area contributed by atoms with Gasteiger partial charge in [-0.15, -0.1) is 0 Å². The molecule has 0 radical (unpaired) electrons. The van der Waals surface area contributed by atoms with Crippen LogP contribution < -0.4 is 0 Å². The van der Waals surface area contributed by atoms with Gasteiger partial charge in [0.05, 0.1) is 13.2 Å². The minimum atomic E-state index is 0.154. The molecule has 0 amide bonds. The summed E-state index contributed by atoms with van der Waals surface area (Å²) in [5.74, 6) is 1.68. The second-order valence-corrected chi connectivity index (χ2v) is 6.34. The maximum atomic E-state index is 9.12. The summed E-state index contributed by atoms with van der Waals surface area (Å²) in [4.78, 5) is 6.83. The zero-order chi connectivity index (χ0) is 16.1. The van der Waals surface area contributed by atoms with Gasteiger partial charge in [-0.2, -0.15) is 5.10 Å². The predicted octanol–water partition coefficient (Wildman–Crippen LogP) is 1.65. The van der Waals surface area contributed by atoms with Crippen LogP contribution in [0.2, 0.25) is 0 Å². The molecular weight excluding hydrogens is 290 g/mol. The number of hydrogen-bond acceptors (Lipinski definition) is 4. The summed E-state index contributed by atoms with van der Waals surface area (Å²) in [7, 11) is 0. The van der Waals surface area contributed by atoms with Gasteiger partial charge in [0.25, 0.3) is 0 Å². The molecule has 1 N–H and O–H groups in total. The standard InChI is InChI=1S/C17H27N5O/c1-15-18-7-12-21(15)9-2-8-20-10-4-16(5-11-20)17-3-6-19-22(17)13-14-23/h3,6-7,12,16,23H,2,4-5,8-11,13-14H2,1H3. The van der Waals surface area contributed by atoms with Gasteiger partial charge in [0, 0.05) is 36.7 Å². The van der Waals surface area contributed by atoms with Crippen LogP contribution in [-0.2, 0) is 13.1 Å². The monoisotopic (exact) mass is 317 g/mol. The van der Waals surface area contributed by atoms with E-state index in [1.54, 1.807) is 0 Å². The van der Waals surface area contributed by atoms with Gasteiger partial charge in [0.1, 0.15) is 5.82 Å². The molecule has 1 fully saturated rings. The number of aryl methyl sites for hydroxylation is 2. The largest absolute Gasteiger partial charge is 0.394 e. The Kier molecular flexibility index (Phi) is 5.46. The van der Waals surface area contributed by atoms with Gasteiger partial charge in [0.15, 0.2) is 0 Å². The lowest BCUT2D eigenvalue weighted by molar-refractivity contribution is 0.201. The average molecular weight is 317 g/mol. The number of rotatable bonds is 7. The molecule has 1 saturated heterocycles. The highest BCUT2D eigenvalue weighted by Crippen LogP contribution is 2.27. The molecule has 23 heavy (non-hydrogen) atoms. The van der Waals surface area contributed by atoms with Crippen molar-refractivity contribution in [1.82, 2.24) is 24.2 Å². The Bertz CT molecular complexity index is 598. The molecular formula is C17H27N5O. The molecule has 0 unspecified atom stereocenters. The number of aromatic nitrogens is 4. The number of hydrogen-bond donors (Lipinski definition) is 1. The van der Waals surface area contributed by atoms with Crippen molar-refractivity contribution in [3.8, 4) is 0 Å². The first-order valence-corrected chi connectivity index (χ1v) is 8.60. The highest BCUT2D eigenvalue weighted by molar-refractivity contribution is 5.09. The molecule has 0 bridgehead atoms. The van der Waals surface area contributed by atoms with Crippen molar-refractivity contribution in [3.63, 3.8) is 0 Å². The Morgan fingerprint density at radius 1 is 1.17 bits per heavy atom. The zero-order valence-corrected chi connectivity index (χ0v) is 13.9. The third-order valence-corrected chi connectivity index (χ3v) is 4.86. The highest BCUT2D eigenvalue weighted by atomic mass is 16.3. The van der Waals surface area contributed by atoms with Crippen LogP contribution in [0.15, 0.2) is 24.7 Å². The fourth-order valence-electron chi connectivity index (χ4n) is 3.53. The Balaban J connectivity index is 1.43. The van der Waals surface area contributed by atoms with Gasteiger partial charge in [0.2, 0.25) is 0 Å². The Labute approximate surface area is 137 Å². The summed E-state index contributed by atoms with van der Waals surface area (Å²) in [6, 6.07) is 2.11.